The minimum Gasteiger partial charge on any atom is -0.454 e. The Hall–Kier alpha value is -3.05. The van der Waals surface area contributed by atoms with Gasteiger partial charge in [0.2, 0.25) is 22.7 Å². The van der Waals surface area contributed by atoms with Crippen LogP contribution in [-0.2, 0) is 21.9 Å². The Morgan fingerprint density at radius 2 is 1.97 bits per heavy atom. The molecule has 29 heavy (non-hydrogen) atoms. The fourth-order valence-electron chi connectivity index (χ4n) is 2.98. The summed E-state index contributed by atoms with van der Waals surface area (Å²) in [6.07, 6.45) is 1.03. The zero-order valence-electron chi connectivity index (χ0n) is 15.5. The van der Waals surface area contributed by atoms with E-state index in [0.717, 1.165) is 32.1 Å². The SMILES string of the molecule is Cn1c(=O)sc2cc(NC(=O)CN(c3ccc4c(c3)OCO4)S(C)(=O)=O)ccc21. The summed E-state index contributed by atoms with van der Waals surface area (Å²) in [5.74, 6) is 0.415. The number of nitrogens with zero attached hydrogens (tertiary/aromatic N) is 2. The van der Waals surface area contributed by atoms with Gasteiger partial charge >= 0.3 is 4.87 Å². The number of carbonyl (C=O) groups excluding carboxylic acids is 1. The van der Waals surface area contributed by atoms with Crippen LogP contribution in [0.25, 0.3) is 10.2 Å². The van der Waals surface area contributed by atoms with Crippen LogP contribution in [0.1, 0.15) is 0 Å². The number of ether oxygens (including phenoxy) is 2. The molecule has 0 saturated heterocycles. The summed E-state index contributed by atoms with van der Waals surface area (Å²) < 4.78 is 38.3. The maximum absolute atomic E-state index is 12.5. The lowest BCUT2D eigenvalue weighted by molar-refractivity contribution is -0.114. The largest absolute Gasteiger partial charge is 0.454 e. The molecule has 1 N–H and O–H groups in total. The van der Waals surface area contributed by atoms with E-state index in [-0.39, 0.29) is 11.7 Å². The summed E-state index contributed by atoms with van der Waals surface area (Å²) in [5, 5.41) is 2.68. The highest BCUT2D eigenvalue weighted by Gasteiger charge is 2.24. The molecule has 0 spiro atoms. The maximum Gasteiger partial charge on any atom is 0.307 e. The fourth-order valence-corrected chi connectivity index (χ4v) is 4.75. The number of benzene rings is 2. The molecule has 0 radical (unpaired) electrons. The van der Waals surface area contributed by atoms with Crippen molar-refractivity contribution in [1.82, 2.24) is 4.57 Å². The minimum atomic E-state index is -3.73. The standard InChI is InChI=1S/C18H17N3O6S2/c1-20-13-5-3-11(7-16(13)28-18(20)23)19-17(22)9-21(29(2,24)25)12-4-6-14-15(8-12)27-10-26-14/h3-8H,9-10H2,1-2H3,(H,19,22). The molecule has 0 bridgehead atoms. The first-order valence-corrected chi connectivity index (χ1v) is 11.2. The van der Waals surface area contributed by atoms with Crippen molar-refractivity contribution < 1.29 is 22.7 Å². The summed E-state index contributed by atoms with van der Waals surface area (Å²) in [4.78, 5) is 24.2. The van der Waals surface area contributed by atoms with Gasteiger partial charge in [0.25, 0.3) is 0 Å². The van der Waals surface area contributed by atoms with Crippen LogP contribution >= 0.6 is 11.3 Å². The lowest BCUT2D eigenvalue weighted by Gasteiger charge is -2.22. The summed E-state index contributed by atoms with van der Waals surface area (Å²) in [6.45, 7) is -0.353. The average Bonchev–Trinajstić information content (AvgIpc) is 3.22. The molecule has 1 aliphatic rings. The second-order valence-electron chi connectivity index (χ2n) is 6.46. The number of aryl methyl sites for hydroxylation is 1. The van der Waals surface area contributed by atoms with E-state index in [1.54, 1.807) is 37.4 Å². The third-order valence-corrected chi connectivity index (χ3v) is 6.54. The normalized spacial score (nSPS) is 12.9. The van der Waals surface area contributed by atoms with E-state index in [9.17, 15) is 18.0 Å². The minimum absolute atomic E-state index is 0.0617. The molecule has 0 fully saturated rings. The van der Waals surface area contributed by atoms with Gasteiger partial charge in [0.1, 0.15) is 6.54 Å². The maximum atomic E-state index is 12.5. The van der Waals surface area contributed by atoms with Crippen molar-refractivity contribution in [2.75, 3.05) is 29.2 Å². The molecular weight excluding hydrogens is 418 g/mol. The third-order valence-electron chi connectivity index (χ3n) is 4.41. The smallest absolute Gasteiger partial charge is 0.307 e. The Bertz CT molecular complexity index is 1280. The van der Waals surface area contributed by atoms with Crippen molar-refractivity contribution in [2.24, 2.45) is 7.05 Å². The second kappa shape index (κ2) is 7.08. The van der Waals surface area contributed by atoms with Gasteiger partial charge in [0.15, 0.2) is 11.5 Å². The first kappa shape index (κ1) is 19.3. The molecule has 3 aromatic rings. The highest BCUT2D eigenvalue weighted by atomic mass is 32.2. The molecule has 1 aromatic heterocycles. The fraction of sp³-hybridized carbons (Fsp3) is 0.222. The van der Waals surface area contributed by atoms with E-state index in [1.807, 2.05) is 0 Å². The summed E-state index contributed by atoms with van der Waals surface area (Å²) >= 11 is 1.07. The molecule has 9 nitrogen and oxygen atoms in total. The molecule has 2 aromatic carbocycles. The van der Waals surface area contributed by atoms with Gasteiger partial charge in [-0.3, -0.25) is 13.9 Å². The number of amides is 1. The number of anilines is 2. The second-order valence-corrected chi connectivity index (χ2v) is 9.36. The summed E-state index contributed by atoms with van der Waals surface area (Å²) in [5.41, 5.74) is 1.53. The van der Waals surface area contributed by atoms with Crippen LogP contribution in [0.5, 0.6) is 11.5 Å². The van der Waals surface area contributed by atoms with Crippen LogP contribution in [0.2, 0.25) is 0 Å². The molecule has 11 heteroatoms. The van der Waals surface area contributed by atoms with E-state index >= 15 is 0 Å². The van der Waals surface area contributed by atoms with Crippen LogP contribution in [0.15, 0.2) is 41.2 Å². The van der Waals surface area contributed by atoms with Gasteiger partial charge in [0, 0.05) is 18.8 Å². The number of nitrogens with one attached hydrogen (secondary N) is 1. The van der Waals surface area contributed by atoms with Crippen molar-refractivity contribution >= 4 is 48.9 Å². The predicted octanol–water partition coefficient (Wildman–Crippen LogP) is 1.73. The lowest BCUT2D eigenvalue weighted by atomic mass is 10.2. The Labute approximate surface area is 170 Å². The van der Waals surface area contributed by atoms with Crippen molar-refractivity contribution in [3.63, 3.8) is 0 Å². The molecule has 1 aliphatic heterocycles. The number of thiazole rings is 1. The van der Waals surface area contributed by atoms with E-state index < -0.39 is 22.5 Å². The number of hydrogen-bond donors (Lipinski definition) is 1. The predicted molar refractivity (Wildman–Crippen MR) is 110 cm³/mol. The monoisotopic (exact) mass is 435 g/mol. The number of sulfonamides is 1. The molecule has 1 amide bonds. The van der Waals surface area contributed by atoms with Crippen molar-refractivity contribution in [3.05, 3.63) is 46.1 Å². The van der Waals surface area contributed by atoms with E-state index in [0.29, 0.717) is 22.9 Å². The first-order valence-electron chi connectivity index (χ1n) is 8.49. The quantitative estimate of drug-likeness (QED) is 0.654. The third kappa shape index (κ3) is 3.78. The zero-order chi connectivity index (χ0) is 20.8. The van der Waals surface area contributed by atoms with Gasteiger partial charge in [-0.2, -0.15) is 0 Å². The van der Waals surface area contributed by atoms with Gasteiger partial charge in [-0.15, -0.1) is 0 Å². The molecular formula is C18H17N3O6S2. The van der Waals surface area contributed by atoms with E-state index in [1.165, 1.54) is 10.6 Å². The average molecular weight is 435 g/mol. The Morgan fingerprint density at radius 1 is 1.21 bits per heavy atom. The van der Waals surface area contributed by atoms with Gasteiger partial charge in [-0.05, 0) is 30.3 Å². The number of carbonyl (C=O) groups is 1. The Kier molecular flexibility index (Phi) is 4.71. The number of rotatable bonds is 5. The number of fused-ring (bicyclic) bond motifs is 2. The summed E-state index contributed by atoms with van der Waals surface area (Å²) in [7, 11) is -2.05. The number of hydrogen-bond acceptors (Lipinski definition) is 7. The molecule has 0 atom stereocenters. The molecule has 0 saturated carbocycles. The van der Waals surface area contributed by atoms with Gasteiger partial charge in [-0.1, -0.05) is 11.3 Å². The molecule has 2 heterocycles. The Balaban J connectivity index is 1.56. The molecule has 152 valence electrons. The van der Waals surface area contributed by atoms with Gasteiger partial charge in [0.05, 0.1) is 22.2 Å². The highest BCUT2D eigenvalue weighted by molar-refractivity contribution is 7.92. The van der Waals surface area contributed by atoms with E-state index in [4.69, 9.17) is 9.47 Å². The van der Waals surface area contributed by atoms with Crippen LogP contribution in [0.4, 0.5) is 11.4 Å². The first-order chi connectivity index (χ1) is 13.7. The topological polar surface area (TPSA) is 107 Å². The van der Waals surface area contributed by atoms with Gasteiger partial charge < -0.3 is 19.4 Å². The van der Waals surface area contributed by atoms with E-state index in [2.05, 4.69) is 5.32 Å². The van der Waals surface area contributed by atoms with Gasteiger partial charge in [-0.25, -0.2) is 8.42 Å². The molecule has 0 unspecified atom stereocenters. The van der Waals surface area contributed by atoms with Crippen LogP contribution in [0.3, 0.4) is 0 Å². The summed E-state index contributed by atoms with van der Waals surface area (Å²) in [6, 6.07) is 9.75. The van der Waals surface area contributed by atoms with Crippen LogP contribution in [-0.4, -0.2) is 38.5 Å². The van der Waals surface area contributed by atoms with Crippen molar-refractivity contribution in [3.8, 4) is 11.5 Å². The number of aromatic nitrogens is 1. The van der Waals surface area contributed by atoms with Crippen molar-refractivity contribution in [1.29, 1.82) is 0 Å². The molecule has 0 aliphatic carbocycles. The van der Waals surface area contributed by atoms with Crippen LogP contribution in [0, 0.1) is 0 Å². The van der Waals surface area contributed by atoms with Crippen LogP contribution < -0.4 is 24.0 Å². The highest BCUT2D eigenvalue weighted by Crippen LogP contribution is 2.36. The zero-order valence-corrected chi connectivity index (χ0v) is 17.2. The van der Waals surface area contributed by atoms with Crippen molar-refractivity contribution in [2.45, 2.75) is 0 Å². The Morgan fingerprint density at radius 3 is 2.72 bits per heavy atom. The molecule has 4 rings (SSSR count). The lowest BCUT2D eigenvalue weighted by Crippen LogP contribution is -2.37.